The smallest absolute Gasteiger partial charge is 0.137 e. The summed E-state index contributed by atoms with van der Waals surface area (Å²) >= 11 is 1.24. The Morgan fingerprint density at radius 1 is 1.24 bits per heavy atom. The second-order valence-electron chi connectivity index (χ2n) is 4.48. The summed E-state index contributed by atoms with van der Waals surface area (Å²) in [7, 11) is 0. The van der Waals surface area contributed by atoms with Gasteiger partial charge in [0, 0.05) is 4.90 Å². The van der Waals surface area contributed by atoms with Crippen molar-refractivity contribution in [2.75, 3.05) is 19.3 Å². The lowest BCUT2D eigenvalue weighted by Gasteiger charge is -2.22. The number of halogens is 2. The van der Waals surface area contributed by atoms with Crippen molar-refractivity contribution in [1.82, 2.24) is 5.32 Å². The molecule has 0 spiro atoms. The van der Waals surface area contributed by atoms with Crippen LogP contribution in [0.5, 0.6) is 0 Å². The number of nitrogens with one attached hydrogen (secondary N) is 1. The Balaban J connectivity index is 2.12. The summed E-state index contributed by atoms with van der Waals surface area (Å²) in [4.78, 5) is 0.386. The first-order valence-electron chi connectivity index (χ1n) is 5.93. The van der Waals surface area contributed by atoms with Crippen molar-refractivity contribution in [3.05, 3.63) is 29.3 Å². The molecule has 0 aromatic heterocycles. The Hall–Kier alpha value is -0.610. The van der Waals surface area contributed by atoms with Gasteiger partial charge < -0.3 is 5.32 Å². The molecule has 17 heavy (non-hydrogen) atoms. The molecule has 94 valence electrons. The van der Waals surface area contributed by atoms with Gasteiger partial charge in [-0.15, -0.1) is 11.8 Å². The molecule has 1 heterocycles. The zero-order chi connectivity index (χ0) is 12.3. The minimum absolute atomic E-state index is 0.269. The molecule has 1 aromatic carbocycles. The Morgan fingerprint density at radius 3 is 2.59 bits per heavy atom. The van der Waals surface area contributed by atoms with Gasteiger partial charge in [-0.25, -0.2) is 8.78 Å². The standard InChI is InChI=1S/C13H17F2NS/c1-17-13-8-11(14)10(7-12(13)15)6-9-2-4-16-5-3-9/h7-9,16H,2-6H2,1H3. The van der Waals surface area contributed by atoms with Gasteiger partial charge in [-0.2, -0.15) is 0 Å². The van der Waals surface area contributed by atoms with Crippen molar-refractivity contribution in [1.29, 1.82) is 0 Å². The predicted molar refractivity (Wildman–Crippen MR) is 67.4 cm³/mol. The number of piperidine rings is 1. The molecule has 1 saturated heterocycles. The van der Waals surface area contributed by atoms with Gasteiger partial charge in [-0.1, -0.05) is 0 Å². The highest BCUT2D eigenvalue weighted by Gasteiger charge is 2.17. The van der Waals surface area contributed by atoms with Crippen LogP contribution in [0.2, 0.25) is 0 Å². The maximum atomic E-state index is 13.8. The summed E-state index contributed by atoms with van der Waals surface area (Å²) in [6, 6.07) is 2.68. The highest BCUT2D eigenvalue weighted by atomic mass is 32.2. The molecule has 0 radical (unpaired) electrons. The minimum Gasteiger partial charge on any atom is -0.317 e. The van der Waals surface area contributed by atoms with Crippen LogP contribution in [0.4, 0.5) is 8.78 Å². The number of hydrogen-bond acceptors (Lipinski definition) is 2. The normalized spacial score (nSPS) is 17.4. The molecule has 1 aliphatic rings. The second-order valence-corrected chi connectivity index (χ2v) is 5.32. The molecule has 1 N–H and O–H groups in total. The molecule has 0 aliphatic carbocycles. The van der Waals surface area contributed by atoms with E-state index in [2.05, 4.69) is 5.32 Å². The summed E-state index contributed by atoms with van der Waals surface area (Å²) < 4.78 is 27.4. The van der Waals surface area contributed by atoms with E-state index in [-0.39, 0.29) is 11.6 Å². The van der Waals surface area contributed by atoms with Gasteiger partial charge in [0.05, 0.1) is 0 Å². The van der Waals surface area contributed by atoms with Crippen LogP contribution in [0.15, 0.2) is 17.0 Å². The maximum Gasteiger partial charge on any atom is 0.137 e. The van der Waals surface area contributed by atoms with E-state index in [1.54, 1.807) is 6.26 Å². The van der Waals surface area contributed by atoms with Crippen molar-refractivity contribution in [3.63, 3.8) is 0 Å². The molecular formula is C13H17F2NS. The Labute approximate surface area is 105 Å². The third-order valence-corrected chi connectivity index (χ3v) is 4.04. The van der Waals surface area contributed by atoms with E-state index in [1.807, 2.05) is 0 Å². The van der Waals surface area contributed by atoms with E-state index in [4.69, 9.17) is 0 Å². The SMILES string of the molecule is CSc1cc(F)c(CC2CCNCC2)cc1F. The first-order chi connectivity index (χ1) is 8.20. The molecule has 1 fully saturated rings. The summed E-state index contributed by atoms with van der Waals surface area (Å²) in [5.74, 6) is -0.0950. The van der Waals surface area contributed by atoms with Crippen LogP contribution in [-0.2, 0) is 6.42 Å². The van der Waals surface area contributed by atoms with E-state index in [0.717, 1.165) is 25.9 Å². The summed E-state index contributed by atoms with van der Waals surface area (Å²) in [6.45, 7) is 1.97. The van der Waals surface area contributed by atoms with E-state index >= 15 is 0 Å². The van der Waals surface area contributed by atoms with Crippen LogP contribution in [0.1, 0.15) is 18.4 Å². The van der Waals surface area contributed by atoms with Gasteiger partial charge in [0.1, 0.15) is 11.6 Å². The van der Waals surface area contributed by atoms with E-state index in [1.165, 1.54) is 23.9 Å². The monoisotopic (exact) mass is 257 g/mol. The van der Waals surface area contributed by atoms with Gasteiger partial charge in [-0.05, 0) is 62.2 Å². The number of hydrogen-bond donors (Lipinski definition) is 1. The third-order valence-electron chi connectivity index (χ3n) is 3.29. The first kappa shape index (κ1) is 12.8. The minimum atomic E-state index is -0.303. The zero-order valence-electron chi connectivity index (χ0n) is 9.93. The average Bonchev–Trinajstić information content (AvgIpc) is 2.34. The largest absolute Gasteiger partial charge is 0.317 e. The Morgan fingerprint density at radius 2 is 1.94 bits per heavy atom. The molecule has 4 heteroatoms. The summed E-state index contributed by atoms with van der Waals surface area (Å²) in [6.07, 6.45) is 4.50. The highest BCUT2D eigenvalue weighted by molar-refractivity contribution is 7.98. The predicted octanol–water partition coefficient (Wildman–Crippen LogP) is 3.23. The van der Waals surface area contributed by atoms with E-state index < -0.39 is 0 Å². The fraction of sp³-hybridized carbons (Fsp3) is 0.538. The zero-order valence-corrected chi connectivity index (χ0v) is 10.7. The fourth-order valence-electron chi connectivity index (χ4n) is 2.28. The van der Waals surface area contributed by atoms with Crippen LogP contribution in [0, 0.1) is 17.6 Å². The van der Waals surface area contributed by atoms with Gasteiger partial charge >= 0.3 is 0 Å². The van der Waals surface area contributed by atoms with Crippen LogP contribution in [0.3, 0.4) is 0 Å². The topological polar surface area (TPSA) is 12.0 Å². The lowest BCUT2D eigenvalue weighted by Crippen LogP contribution is -2.28. The van der Waals surface area contributed by atoms with Gasteiger partial charge in [0.25, 0.3) is 0 Å². The lowest BCUT2D eigenvalue weighted by atomic mass is 9.91. The van der Waals surface area contributed by atoms with Crippen LogP contribution in [-0.4, -0.2) is 19.3 Å². The molecule has 0 atom stereocenters. The van der Waals surface area contributed by atoms with Crippen molar-refractivity contribution < 1.29 is 8.78 Å². The molecule has 0 unspecified atom stereocenters. The fourth-order valence-corrected chi connectivity index (χ4v) is 2.75. The molecular weight excluding hydrogens is 240 g/mol. The van der Waals surface area contributed by atoms with Crippen LogP contribution in [0.25, 0.3) is 0 Å². The van der Waals surface area contributed by atoms with Gasteiger partial charge in [0.2, 0.25) is 0 Å². The van der Waals surface area contributed by atoms with Gasteiger partial charge in [0.15, 0.2) is 0 Å². The van der Waals surface area contributed by atoms with E-state index in [9.17, 15) is 8.78 Å². The Kier molecular flexibility index (Phi) is 4.40. The second kappa shape index (κ2) is 5.83. The van der Waals surface area contributed by atoms with E-state index in [0.29, 0.717) is 22.8 Å². The molecule has 2 rings (SSSR count). The first-order valence-corrected chi connectivity index (χ1v) is 7.16. The van der Waals surface area contributed by atoms with Crippen molar-refractivity contribution in [2.24, 2.45) is 5.92 Å². The average molecular weight is 257 g/mol. The molecule has 1 aliphatic heterocycles. The number of thioether (sulfide) groups is 1. The number of benzene rings is 1. The summed E-state index contributed by atoms with van der Waals surface area (Å²) in [5, 5.41) is 3.27. The highest BCUT2D eigenvalue weighted by Crippen LogP contribution is 2.26. The van der Waals surface area contributed by atoms with Crippen LogP contribution < -0.4 is 5.32 Å². The third kappa shape index (κ3) is 3.19. The number of rotatable bonds is 3. The summed E-state index contributed by atoms with van der Waals surface area (Å²) in [5.41, 5.74) is 0.521. The molecule has 0 saturated carbocycles. The van der Waals surface area contributed by atoms with Crippen molar-refractivity contribution in [2.45, 2.75) is 24.2 Å². The maximum absolute atomic E-state index is 13.8. The lowest BCUT2D eigenvalue weighted by molar-refractivity contribution is 0.367. The molecule has 0 amide bonds. The molecule has 1 nitrogen and oxygen atoms in total. The Bertz CT molecular complexity index is 389. The van der Waals surface area contributed by atoms with Crippen LogP contribution >= 0.6 is 11.8 Å². The quantitative estimate of drug-likeness (QED) is 0.834. The van der Waals surface area contributed by atoms with Gasteiger partial charge in [-0.3, -0.25) is 0 Å². The molecule has 1 aromatic rings. The molecule has 0 bridgehead atoms. The van der Waals surface area contributed by atoms with Crippen molar-refractivity contribution >= 4 is 11.8 Å². The van der Waals surface area contributed by atoms with Crippen molar-refractivity contribution in [3.8, 4) is 0 Å².